The Morgan fingerprint density at radius 1 is 0.880 bits per heavy atom. The molecule has 0 aromatic carbocycles. The van der Waals surface area contributed by atoms with E-state index in [1.165, 1.54) is 0 Å². The third kappa shape index (κ3) is 8.96. The van der Waals surface area contributed by atoms with Gasteiger partial charge in [0.25, 0.3) is 5.78 Å². The summed E-state index contributed by atoms with van der Waals surface area (Å²) in [5.74, 6) is -4.43. The summed E-state index contributed by atoms with van der Waals surface area (Å²) in [5, 5.41) is 0. The Morgan fingerprint density at radius 2 is 1.40 bits per heavy atom. The van der Waals surface area contributed by atoms with Crippen molar-refractivity contribution in [3.05, 3.63) is 5.53 Å². The van der Waals surface area contributed by atoms with E-state index < -0.39 is 54.6 Å². The minimum absolute atomic E-state index is 0.417. The molecule has 0 saturated carbocycles. The van der Waals surface area contributed by atoms with Gasteiger partial charge in [-0.05, 0) is 0 Å². The van der Waals surface area contributed by atoms with Gasteiger partial charge >= 0.3 is 30.1 Å². The SMILES string of the molecule is CC(=O)OC[C@H](OC(C)=O)[C@H](OC(C)=O)[C@@H](OC(C)=O)C(=O)C=[N+]=[N-]. The van der Waals surface area contributed by atoms with Gasteiger partial charge < -0.3 is 24.5 Å². The van der Waals surface area contributed by atoms with Crippen molar-refractivity contribution >= 4 is 35.9 Å². The second kappa shape index (κ2) is 10.7. The molecule has 11 nitrogen and oxygen atoms in total. The first-order chi connectivity index (χ1) is 11.6. The van der Waals surface area contributed by atoms with E-state index in [1.807, 2.05) is 0 Å². The Bertz CT molecular complexity index is 595. The molecule has 0 spiro atoms. The fraction of sp³-hybridized carbons (Fsp3) is 0.571. The maximum Gasteiger partial charge on any atom is 0.327 e. The molecule has 138 valence electrons. The van der Waals surface area contributed by atoms with Gasteiger partial charge in [-0.3, -0.25) is 24.0 Å². The molecule has 3 atom stereocenters. The molecule has 0 rings (SSSR count). The first-order valence-corrected chi connectivity index (χ1v) is 6.94. The maximum atomic E-state index is 12.0. The molecule has 0 aromatic rings. The zero-order valence-electron chi connectivity index (χ0n) is 14.1. The lowest BCUT2D eigenvalue weighted by atomic mass is 10.0. The summed E-state index contributed by atoms with van der Waals surface area (Å²) >= 11 is 0. The predicted octanol–water partition coefficient (Wildman–Crippen LogP) is -0.786. The lowest BCUT2D eigenvalue weighted by Crippen LogP contribution is -2.51. The van der Waals surface area contributed by atoms with Crippen LogP contribution in [-0.2, 0) is 42.9 Å². The van der Waals surface area contributed by atoms with E-state index >= 15 is 0 Å². The fourth-order valence-electron chi connectivity index (χ4n) is 1.73. The van der Waals surface area contributed by atoms with E-state index in [1.54, 1.807) is 0 Å². The Kier molecular flexibility index (Phi) is 9.35. The zero-order chi connectivity index (χ0) is 19.6. The van der Waals surface area contributed by atoms with Gasteiger partial charge in [0.05, 0.1) is 0 Å². The van der Waals surface area contributed by atoms with Crippen LogP contribution in [0.2, 0.25) is 0 Å². The highest BCUT2D eigenvalue weighted by Crippen LogP contribution is 2.15. The molecule has 25 heavy (non-hydrogen) atoms. The lowest BCUT2D eigenvalue weighted by Gasteiger charge is -2.29. The molecule has 0 fully saturated rings. The van der Waals surface area contributed by atoms with Crippen LogP contribution in [0.4, 0.5) is 0 Å². The molecule has 0 bridgehead atoms. The van der Waals surface area contributed by atoms with E-state index in [0.29, 0.717) is 6.21 Å². The quantitative estimate of drug-likeness (QED) is 0.169. The minimum atomic E-state index is -1.79. The Hall–Kier alpha value is -3.07. The van der Waals surface area contributed by atoms with Crippen LogP contribution in [0.1, 0.15) is 27.7 Å². The number of carbonyl (C=O) groups is 5. The molecule has 0 aromatic heterocycles. The number of ketones is 1. The average molecular weight is 358 g/mol. The van der Waals surface area contributed by atoms with Crippen molar-refractivity contribution < 1.29 is 47.7 Å². The summed E-state index contributed by atoms with van der Waals surface area (Å²) in [6, 6.07) is 0. The number of Topliss-reactive ketones (excluding diaryl/α,β-unsaturated/α-hetero) is 1. The predicted molar refractivity (Wildman–Crippen MR) is 78.0 cm³/mol. The van der Waals surface area contributed by atoms with Crippen molar-refractivity contribution in [3.63, 3.8) is 0 Å². The summed E-state index contributed by atoms with van der Waals surface area (Å²) in [5.41, 5.74) is 8.49. The van der Waals surface area contributed by atoms with Gasteiger partial charge in [-0.25, -0.2) is 0 Å². The molecule has 0 N–H and O–H groups in total. The highest BCUT2D eigenvalue weighted by Gasteiger charge is 2.42. The van der Waals surface area contributed by atoms with E-state index in [0.717, 1.165) is 27.7 Å². The minimum Gasteiger partial charge on any atom is -0.462 e. The molecule has 0 heterocycles. The second-order valence-corrected chi connectivity index (χ2v) is 4.70. The summed E-state index contributed by atoms with van der Waals surface area (Å²) in [7, 11) is 0. The third-order valence-electron chi connectivity index (χ3n) is 2.49. The van der Waals surface area contributed by atoms with E-state index in [9.17, 15) is 24.0 Å². The van der Waals surface area contributed by atoms with Gasteiger partial charge in [0.15, 0.2) is 12.2 Å². The molecule has 0 aliphatic carbocycles. The van der Waals surface area contributed by atoms with Crippen LogP contribution in [0.15, 0.2) is 0 Å². The van der Waals surface area contributed by atoms with Gasteiger partial charge in [0.1, 0.15) is 6.61 Å². The van der Waals surface area contributed by atoms with Crippen molar-refractivity contribution in [3.8, 4) is 0 Å². The fourth-order valence-corrected chi connectivity index (χ4v) is 1.73. The number of esters is 4. The smallest absolute Gasteiger partial charge is 0.327 e. The number of carbonyl (C=O) groups excluding carboxylic acids is 5. The van der Waals surface area contributed by atoms with Gasteiger partial charge in [-0.2, -0.15) is 4.79 Å². The van der Waals surface area contributed by atoms with E-state index in [2.05, 4.69) is 4.79 Å². The molecule has 0 amide bonds. The molecule has 0 aliphatic heterocycles. The van der Waals surface area contributed by atoms with Gasteiger partial charge in [-0.15, -0.1) is 0 Å². The topological polar surface area (TPSA) is 159 Å². The third-order valence-corrected chi connectivity index (χ3v) is 2.49. The Balaban J connectivity index is 5.85. The molecular weight excluding hydrogens is 340 g/mol. The highest BCUT2D eigenvalue weighted by atomic mass is 16.6. The Labute approximate surface area is 142 Å². The number of ether oxygens (including phenoxy) is 4. The van der Waals surface area contributed by atoms with Gasteiger partial charge in [0, 0.05) is 27.7 Å². The second-order valence-electron chi connectivity index (χ2n) is 4.70. The molecule has 0 saturated heterocycles. The van der Waals surface area contributed by atoms with Crippen molar-refractivity contribution in [2.45, 2.75) is 46.0 Å². The summed E-state index contributed by atoms with van der Waals surface area (Å²) < 4.78 is 19.4. The number of hydrogen-bond acceptors (Lipinski definition) is 9. The van der Waals surface area contributed by atoms with Crippen LogP contribution in [0.5, 0.6) is 0 Å². The van der Waals surface area contributed by atoms with Gasteiger partial charge in [-0.1, -0.05) is 0 Å². The molecular formula is C14H18N2O9. The summed E-state index contributed by atoms with van der Waals surface area (Å²) in [6.45, 7) is 3.52. The number of hydrogen-bond donors (Lipinski definition) is 0. The molecule has 0 radical (unpaired) electrons. The lowest BCUT2D eigenvalue weighted by molar-refractivity contribution is -0.189. The summed E-state index contributed by atoms with van der Waals surface area (Å²) in [4.78, 5) is 59.4. The molecule has 0 unspecified atom stereocenters. The number of nitrogens with zero attached hydrogens (tertiary/aromatic N) is 2. The van der Waals surface area contributed by atoms with Crippen LogP contribution in [0, 0.1) is 0 Å². The van der Waals surface area contributed by atoms with Crippen LogP contribution in [0.3, 0.4) is 0 Å². The van der Waals surface area contributed by atoms with Crippen molar-refractivity contribution in [2.75, 3.05) is 6.61 Å². The molecule has 0 aliphatic rings. The Morgan fingerprint density at radius 3 is 1.80 bits per heavy atom. The normalized spacial score (nSPS) is 13.3. The first-order valence-electron chi connectivity index (χ1n) is 6.94. The van der Waals surface area contributed by atoms with Crippen molar-refractivity contribution in [1.82, 2.24) is 0 Å². The maximum absolute atomic E-state index is 12.0. The first kappa shape index (κ1) is 21.9. The van der Waals surface area contributed by atoms with Crippen molar-refractivity contribution in [1.29, 1.82) is 0 Å². The van der Waals surface area contributed by atoms with Gasteiger partial charge in [0.2, 0.25) is 6.10 Å². The average Bonchev–Trinajstić information content (AvgIpc) is 2.46. The van der Waals surface area contributed by atoms with Crippen LogP contribution in [-0.4, -0.2) is 65.6 Å². The standard InChI is InChI=1S/C14H18N2O9/c1-7(17)22-6-12(23-8(2)18)14(25-10(4)20)13(24-9(3)19)11(21)5-16-15/h5,12-14H,6H2,1-4H3/t12-,13-,14-/m0/s1. The van der Waals surface area contributed by atoms with Crippen LogP contribution < -0.4 is 0 Å². The highest BCUT2D eigenvalue weighted by molar-refractivity contribution is 6.27. The zero-order valence-corrected chi connectivity index (χ0v) is 14.1. The molecule has 11 heteroatoms. The number of rotatable bonds is 9. The van der Waals surface area contributed by atoms with Crippen LogP contribution >= 0.6 is 0 Å². The largest absolute Gasteiger partial charge is 0.462 e. The monoisotopic (exact) mass is 358 g/mol. The summed E-state index contributed by atoms with van der Waals surface area (Å²) in [6.07, 6.45) is -4.47. The van der Waals surface area contributed by atoms with Crippen LogP contribution in [0.25, 0.3) is 5.53 Å². The van der Waals surface area contributed by atoms with E-state index in [4.69, 9.17) is 24.5 Å². The van der Waals surface area contributed by atoms with E-state index in [-0.39, 0.29) is 0 Å². The van der Waals surface area contributed by atoms with Crippen molar-refractivity contribution in [2.24, 2.45) is 0 Å².